The molecule has 1 N–H and O–H groups in total. The van der Waals surface area contributed by atoms with E-state index in [0.29, 0.717) is 30.3 Å². The number of amides is 2. The molecule has 6 nitrogen and oxygen atoms in total. The second-order valence-electron chi connectivity index (χ2n) is 5.78. The Morgan fingerprint density at radius 1 is 1.27 bits per heavy atom. The summed E-state index contributed by atoms with van der Waals surface area (Å²) in [5.74, 6) is 0.709. The minimum Gasteiger partial charge on any atom is -0.492 e. The van der Waals surface area contributed by atoms with Crippen LogP contribution in [0.2, 0.25) is 0 Å². The molecule has 0 saturated heterocycles. The molecule has 2 aromatic rings. The first-order valence-corrected chi connectivity index (χ1v) is 8.77. The van der Waals surface area contributed by atoms with E-state index in [4.69, 9.17) is 21.1 Å². The summed E-state index contributed by atoms with van der Waals surface area (Å²) in [5, 5.41) is 2.67. The number of carbonyl (C=O) groups excluding carboxylic acids is 2. The topological polar surface area (TPSA) is 67.9 Å². The number of nitrogens with one attached hydrogen (secondary N) is 1. The van der Waals surface area contributed by atoms with Gasteiger partial charge in [0.2, 0.25) is 5.91 Å². The van der Waals surface area contributed by atoms with Crippen molar-refractivity contribution in [3.05, 3.63) is 48.5 Å². The molecular weight excluding hydrogens is 356 g/mol. The van der Waals surface area contributed by atoms with Crippen molar-refractivity contribution in [3.63, 3.8) is 0 Å². The van der Waals surface area contributed by atoms with E-state index in [1.54, 1.807) is 30.0 Å². The van der Waals surface area contributed by atoms with E-state index in [-0.39, 0.29) is 17.7 Å². The van der Waals surface area contributed by atoms with Crippen LogP contribution in [-0.2, 0) is 9.59 Å². The van der Waals surface area contributed by atoms with Crippen LogP contribution < -0.4 is 19.7 Å². The maximum absolute atomic E-state index is 12.6. The Morgan fingerprint density at radius 3 is 2.77 bits per heavy atom. The fraction of sp³-hybridized carbons (Fsp3) is 0.263. The maximum atomic E-state index is 12.6. The third kappa shape index (κ3) is 4.08. The number of carbonyl (C=O) groups is 2. The molecule has 0 aliphatic carbocycles. The van der Waals surface area contributed by atoms with Crippen LogP contribution in [0.3, 0.4) is 0 Å². The molecule has 1 heterocycles. The van der Waals surface area contributed by atoms with E-state index >= 15 is 0 Å². The van der Waals surface area contributed by atoms with Crippen LogP contribution in [0.15, 0.2) is 48.5 Å². The lowest BCUT2D eigenvalue weighted by Crippen LogP contribution is -2.46. The summed E-state index contributed by atoms with van der Waals surface area (Å²) >= 11 is 5.53. The number of nitrogens with zero attached hydrogens (tertiary/aromatic N) is 1. The van der Waals surface area contributed by atoms with E-state index in [1.807, 2.05) is 30.3 Å². The number of para-hydroxylation sites is 1. The van der Waals surface area contributed by atoms with Crippen LogP contribution in [-0.4, -0.2) is 36.9 Å². The summed E-state index contributed by atoms with van der Waals surface area (Å²) in [4.78, 5) is 25.7. The first kappa shape index (κ1) is 18.1. The summed E-state index contributed by atoms with van der Waals surface area (Å²) in [5.41, 5.74) is 1.14. The average molecular weight is 375 g/mol. The van der Waals surface area contributed by atoms with Crippen LogP contribution in [0.4, 0.5) is 11.4 Å². The highest BCUT2D eigenvalue weighted by Gasteiger charge is 2.31. The average Bonchev–Trinajstić information content (AvgIpc) is 2.66. The lowest BCUT2D eigenvalue weighted by molar-refractivity contribution is -0.125. The predicted molar refractivity (Wildman–Crippen MR) is 100 cm³/mol. The molecule has 3 rings (SSSR count). The Balaban J connectivity index is 1.77. The predicted octanol–water partition coefficient (Wildman–Crippen LogP) is 3.06. The largest absolute Gasteiger partial charge is 0.492 e. The van der Waals surface area contributed by atoms with E-state index in [0.717, 1.165) is 5.75 Å². The van der Waals surface area contributed by atoms with E-state index in [9.17, 15) is 9.59 Å². The minimum atomic E-state index is -0.581. The van der Waals surface area contributed by atoms with Gasteiger partial charge in [-0.3, -0.25) is 9.59 Å². The number of fused-ring (bicyclic) bond motifs is 1. The van der Waals surface area contributed by atoms with Crippen LogP contribution in [0.5, 0.6) is 11.5 Å². The molecule has 0 saturated carbocycles. The quantitative estimate of drug-likeness (QED) is 0.789. The highest BCUT2D eigenvalue weighted by Crippen LogP contribution is 2.36. The summed E-state index contributed by atoms with van der Waals surface area (Å²) in [6.45, 7) is 2.40. The van der Waals surface area contributed by atoms with Gasteiger partial charge in [-0.2, -0.15) is 0 Å². The van der Waals surface area contributed by atoms with Gasteiger partial charge in [-0.1, -0.05) is 18.2 Å². The standard InChI is InChI=1S/C19H19ClN2O4/c1-13-19(24)22(9-10-25-15-5-3-2-4-6-15)16-11-14(21-18(23)12-20)7-8-17(16)26-13/h2-8,11,13H,9-10,12H2,1H3,(H,21,23). The molecule has 0 radical (unpaired) electrons. The number of anilines is 2. The molecule has 7 heteroatoms. The van der Waals surface area contributed by atoms with Gasteiger partial charge in [-0.25, -0.2) is 0 Å². The van der Waals surface area contributed by atoms with Gasteiger partial charge >= 0.3 is 0 Å². The monoisotopic (exact) mass is 374 g/mol. The highest BCUT2D eigenvalue weighted by atomic mass is 35.5. The normalized spacial score (nSPS) is 15.8. The van der Waals surface area contributed by atoms with Crippen molar-refractivity contribution in [1.29, 1.82) is 0 Å². The molecule has 2 aromatic carbocycles. The Labute approximate surface area is 156 Å². The fourth-order valence-electron chi connectivity index (χ4n) is 2.68. The third-order valence-electron chi connectivity index (χ3n) is 3.90. The zero-order valence-corrected chi connectivity index (χ0v) is 15.0. The second-order valence-corrected chi connectivity index (χ2v) is 6.04. The Morgan fingerprint density at radius 2 is 2.04 bits per heavy atom. The zero-order valence-electron chi connectivity index (χ0n) is 14.3. The van der Waals surface area contributed by atoms with Crippen LogP contribution in [0.1, 0.15) is 6.92 Å². The van der Waals surface area contributed by atoms with E-state index in [2.05, 4.69) is 5.32 Å². The summed E-state index contributed by atoms with van der Waals surface area (Å²) in [6.07, 6.45) is -0.581. The smallest absolute Gasteiger partial charge is 0.267 e. The third-order valence-corrected chi connectivity index (χ3v) is 4.14. The molecule has 0 aromatic heterocycles. The summed E-state index contributed by atoms with van der Waals surface area (Å²) in [7, 11) is 0. The van der Waals surface area contributed by atoms with Gasteiger partial charge in [0.05, 0.1) is 12.2 Å². The SMILES string of the molecule is CC1Oc2ccc(NC(=O)CCl)cc2N(CCOc2ccccc2)C1=O. The first-order valence-electron chi connectivity index (χ1n) is 8.24. The fourth-order valence-corrected chi connectivity index (χ4v) is 2.75. The number of halogens is 1. The van der Waals surface area contributed by atoms with Crippen LogP contribution in [0.25, 0.3) is 0 Å². The Kier molecular flexibility index (Phi) is 5.63. The van der Waals surface area contributed by atoms with Crippen molar-refractivity contribution in [3.8, 4) is 11.5 Å². The molecule has 2 amide bonds. The number of alkyl halides is 1. The molecule has 0 bridgehead atoms. The minimum absolute atomic E-state index is 0.141. The molecule has 136 valence electrons. The van der Waals surface area contributed by atoms with Crippen molar-refractivity contribution >= 4 is 34.8 Å². The van der Waals surface area contributed by atoms with Crippen LogP contribution in [0, 0.1) is 0 Å². The lowest BCUT2D eigenvalue weighted by Gasteiger charge is -2.33. The lowest BCUT2D eigenvalue weighted by atomic mass is 10.1. The maximum Gasteiger partial charge on any atom is 0.267 e. The van der Waals surface area contributed by atoms with Crippen molar-refractivity contribution in [2.45, 2.75) is 13.0 Å². The number of hydrogen-bond donors (Lipinski definition) is 1. The zero-order chi connectivity index (χ0) is 18.5. The highest BCUT2D eigenvalue weighted by molar-refractivity contribution is 6.29. The molecule has 26 heavy (non-hydrogen) atoms. The number of benzene rings is 2. The molecule has 1 unspecified atom stereocenters. The van der Waals surface area contributed by atoms with Crippen molar-refractivity contribution in [2.24, 2.45) is 0 Å². The van der Waals surface area contributed by atoms with Gasteiger partial charge in [-0.05, 0) is 37.3 Å². The van der Waals surface area contributed by atoms with Crippen molar-refractivity contribution in [1.82, 2.24) is 0 Å². The number of rotatable bonds is 6. The van der Waals surface area contributed by atoms with Crippen LogP contribution >= 0.6 is 11.6 Å². The number of ether oxygens (including phenoxy) is 2. The molecule has 1 aliphatic rings. The van der Waals surface area contributed by atoms with Crippen molar-refractivity contribution in [2.75, 3.05) is 29.2 Å². The van der Waals surface area contributed by atoms with Gasteiger partial charge in [0.15, 0.2) is 6.10 Å². The molecule has 0 fully saturated rings. The number of hydrogen-bond acceptors (Lipinski definition) is 4. The Bertz CT molecular complexity index is 797. The van der Waals surface area contributed by atoms with Crippen molar-refractivity contribution < 1.29 is 19.1 Å². The van der Waals surface area contributed by atoms with E-state index < -0.39 is 6.10 Å². The van der Waals surface area contributed by atoms with E-state index in [1.165, 1.54) is 0 Å². The van der Waals surface area contributed by atoms with Gasteiger partial charge in [-0.15, -0.1) is 11.6 Å². The summed E-state index contributed by atoms with van der Waals surface area (Å²) < 4.78 is 11.4. The Hall–Kier alpha value is -2.73. The van der Waals surface area contributed by atoms with Gasteiger partial charge < -0.3 is 19.7 Å². The molecule has 1 atom stereocenters. The molecule has 0 spiro atoms. The molecular formula is C19H19ClN2O4. The summed E-state index contributed by atoms with van der Waals surface area (Å²) in [6, 6.07) is 14.5. The van der Waals surface area contributed by atoms with Gasteiger partial charge in [0.25, 0.3) is 5.91 Å². The van der Waals surface area contributed by atoms with Gasteiger partial charge in [0, 0.05) is 5.69 Å². The second kappa shape index (κ2) is 8.10. The first-order chi connectivity index (χ1) is 12.6. The van der Waals surface area contributed by atoms with Gasteiger partial charge in [0.1, 0.15) is 24.0 Å². The molecule has 1 aliphatic heterocycles.